The van der Waals surface area contributed by atoms with Crippen LogP contribution in [-0.4, -0.2) is 12.1 Å². The van der Waals surface area contributed by atoms with Crippen LogP contribution in [0, 0.1) is 17.7 Å². The highest BCUT2D eigenvalue weighted by Gasteiger charge is 2.27. The Balaban J connectivity index is 2.09. The van der Waals surface area contributed by atoms with Gasteiger partial charge in [-0.05, 0) is 69.3 Å². The molecule has 0 saturated heterocycles. The van der Waals surface area contributed by atoms with Crippen molar-refractivity contribution in [2.75, 3.05) is 6.54 Å². The lowest BCUT2D eigenvalue weighted by atomic mass is 9.85. The molecule has 0 aliphatic heterocycles. The van der Waals surface area contributed by atoms with Crippen LogP contribution >= 0.6 is 11.6 Å². The van der Waals surface area contributed by atoms with Crippen LogP contribution in [0.15, 0.2) is 18.2 Å². The summed E-state index contributed by atoms with van der Waals surface area (Å²) in [5.74, 6) is 1.07. The molecule has 1 saturated carbocycles. The minimum absolute atomic E-state index is 0.101. The highest BCUT2D eigenvalue weighted by molar-refractivity contribution is 6.30. The van der Waals surface area contributed by atoms with Gasteiger partial charge in [-0.3, -0.25) is 0 Å². The maximum Gasteiger partial charge on any atom is 0.126 e. The van der Waals surface area contributed by atoms with E-state index in [1.54, 1.807) is 12.1 Å². The van der Waals surface area contributed by atoms with Crippen molar-refractivity contribution >= 4 is 11.6 Å². The normalized spacial score (nSPS) is 18.1. The predicted molar refractivity (Wildman–Crippen MR) is 88.3 cm³/mol. The van der Waals surface area contributed by atoms with Gasteiger partial charge >= 0.3 is 0 Å². The van der Waals surface area contributed by atoms with Gasteiger partial charge in [0.2, 0.25) is 0 Å². The van der Waals surface area contributed by atoms with Crippen molar-refractivity contribution in [3.8, 4) is 0 Å². The fraction of sp³-hybridized carbons (Fsp3) is 0.667. The van der Waals surface area contributed by atoms with Gasteiger partial charge in [-0.25, -0.2) is 4.39 Å². The summed E-state index contributed by atoms with van der Waals surface area (Å²) in [5.41, 5.74) is 0.860. The molecule has 1 atom stereocenters. The zero-order valence-electron chi connectivity index (χ0n) is 13.4. The zero-order chi connectivity index (χ0) is 15.5. The number of hydrogen-bond acceptors (Lipinski definition) is 1. The van der Waals surface area contributed by atoms with E-state index in [1.165, 1.54) is 31.7 Å². The van der Waals surface area contributed by atoms with Gasteiger partial charge < -0.3 is 5.32 Å². The Labute approximate surface area is 133 Å². The van der Waals surface area contributed by atoms with E-state index in [0.717, 1.165) is 18.5 Å². The first-order valence-corrected chi connectivity index (χ1v) is 8.42. The quantitative estimate of drug-likeness (QED) is 0.786. The second-order valence-electron chi connectivity index (χ2n) is 7.38. The van der Waals surface area contributed by atoms with Crippen molar-refractivity contribution in [1.29, 1.82) is 0 Å². The van der Waals surface area contributed by atoms with Crippen LogP contribution in [0.2, 0.25) is 5.02 Å². The molecule has 1 aromatic carbocycles. The first kappa shape index (κ1) is 16.8. The zero-order valence-corrected chi connectivity index (χ0v) is 14.1. The monoisotopic (exact) mass is 311 g/mol. The molecule has 1 aromatic rings. The fourth-order valence-electron chi connectivity index (χ4n) is 3.25. The Morgan fingerprint density at radius 3 is 2.57 bits per heavy atom. The van der Waals surface area contributed by atoms with Gasteiger partial charge in [0.25, 0.3) is 0 Å². The number of rotatable bonds is 5. The SMILES string of the molecule is CC(C)(C)NCC(Cc1cc(Cl)ccc1F)C1CCCC1. The molecule has 21 heavy (non-hydrogen) atoms. The Hall–Kier alpha value is -0.600. The second kappa shape index (κ2) is 7.11. The largest absolute Gasteiger partial charge is 0.312 e. The second-order valence-corrected chi connectivity index (χ2v) is 7.81. The van der Waals surface area contributed by atoms with Crippen LogP contribution in [0.25, 0.3) is 0 Å². The van der Waals surface area contributed by atoms with Crippen molar-refractivity contribution in [3.05, 3.63) is 34.6 Å². The molecule has 1 aliphatic rings. The van der Waals surface area contributed by atoms with Crippen molar-refractivity contribution < 1.29 is 4.39 Å². The minimum atomic E-state index is -0.127. The third kappa shape index (κ3) is 5.27. The van der Waals surface area contributed by atoms with E-state index in [4.69, 9.17) is 11.6 Å². The van der Waals surface area contributed by atoms with Gasteiger partial charge in [0.15, 0.2) is 0 Å². The summed E-state index contributed by atoms with van der Waals surface area (Å²) < 4.78 is 14.0. The van der Waals surface area contributed by atoms with E-state index in [2.05, 4.69) is 26.1 Å². The van der Waals surface area contributed by atoms with Gasteiger partial charge in [-0.15, -0.1) is 0 Å². The van der Waals surface area contributed by atoms with E-state index < -0.39 is 0 Å². The molecule has 0 amide bonds. The number of halogens is 2. The van der Waals surface area contributed by atoms with E-state index in [1.807, 2.05) is 0 Å². The van der Waals surface area contributed by atoms with Crippen LogP contribution in [-0.2, 0) is 6.42 Å². The summed E-state index contributed by atoms with van der Waals surface area (Å²) in [4.78, 5) is 0. The molecular formula is C18H27ClFN. The number of benzene rings is 1. The predicted octanol–water partition coefficient (Wildman–Crippen LogP) is 5.22. The molecule has 3 heteroatoms. The smallest absolute Gasteiger partial charge is 0.126 e. The Bertz CT molecular complexity index is 461. The van der Waals surface area contributed by atoms with Crippen LogP contribution in [0.4, 0.5) is 4.39 Å². The third-order valence-electron chi connectivity index (χ3n) is 4.45. The summed E-state index contributed by atoms with van der Waals surface area (Å²) in [5, 5.41) is 4.22. The van der Waals surface area contributed by atoms with Gasteiger partial charge in [0, 0.05) is 10.6 Å². The molecule has 0 spiro atoms. The molecule has 0 bridgehead atoms. The first-order chi connectivity index (χ1) is 9.85. The Morgan fingerprint density at radius 1 is 1.29 bits per heavy atom. The van der Waals surface area contributed by atoms with E-state index >= 15 is 0 Å². The molecule has 1 nitrogen and oxygen atoms in total. The fourth-order valence-corrected chi connectivity index (χ4v) is 3.45. The van der Waals surface area contributed by atoms with Crippen molar-refractivity contribution in [3.63, 3.8) is 0 Å². The molecular weight excluding hydrogens is 285 g/mol. The third-order valence-corrected chi connectivity index (χ3v) is 4.69. The first-order valence-electron chi connectivity index (χ1n) is 8.04. The molecule has 0 heterocycles. The van der Waals surface area contributed by atoms with Crippen molar-refractivity contribution in [1.82, 2.24) is 5.32 Å². The molecule has 2 rings (SSSR count). The highest BCUT2D eigenvalue weighted by atomic mass is 35.5. The molecule has 1 N–H and O–H groups in total. The molecule has 1 aliphatic carbocycles. The van der Waals surface area contributed by atoms with E-state index in [0.29, 0.717) is 16.9 Å². The summed E-state index contributed by atoms with van der Waals surface area (Å²) in [6.07, 6.45) is 5.96. The summed E-state index contributed by atoms with van der Waals surface area (Å²) in [6, 6.07) is 4.90. The standard InChI is InChI=1S/C18H27ClFN/c1-18(2,3)21-12-15(13-6-4-5-7-13)10-14-11-16(19)8-9-17(14)20/h8-9,11,13,15,21H,4-7,10,12H2,1-3H3. The van der Waals surface area contributed by atoms with Crippen LogP contribution in [0.1, 0.15) is 52.0 Å². The van der Waals surface area contributed by atoms with Gasteiger partial charge in [-0.1, -0.05) is 37.3 Å². The highest BCUT2D eigenvalue weighted by Crippen LogP contribution is 2.34. The van der Waals surface area contributed by atoms with Crippen LogP contribution < -0.4 is 5.32 Å². The molecule has 0 aromatic heterocycles. The maximum absolute atomic E-state index is 14.0. The van der Waals surface area contributed by atoms with Gasteiger partial charge in [0.05, 0.1) is 0 Å². The van der Waals surface area contributed by atoms with Gasteiger partial charge in [-0.2, -0.15) is 0 Å². The van der Waals surface area contributed by atoms with E-state index in [9.17, 15) is 4.39 Å². The van der Waals surface area contributed by atoms with Crippen LogP contribution in [0.3, 0.4) is 0 Å². The van der Waals surface area contributed by atoms with Crippen molar-refractivity contribution in [2.24, 2.45) is 11.8 Å². The average molecular weight is 312 g/mol. The average Bonchev–Trinajstić information content (AvgIpc) is 2.91. The summed E-state index contributed by atoms with van der Waals surface area (Å²) in [7, 11) is 0. The topological polar surface area (TPSA) is 12.0 Å². The lowest BCUT2D eigenvalue weighted by Crippen LogP contribution is -2.41. The number of nitrogens with one attached hydrogen (secondary N) is 1. The molecule has 1 unspecified atom stereocenters. The molecule has 118 valence electrons. The van der Waals surface area contributed by atoms with Crippen molar-refractivity contribution in [2.45, 2.75) is 58.4 Å². The summed E-state index contributed by atoms with van der Waals surface area (Å²) >= 11 is 6.03. The Morgan fingerprint density at radius 2 is 1.95 bits per heavy atom. The lowest BCUT2D eigenvalue weighted by Gasteiger charge is -2.29. The van der Waals surface area contributed by atoms with Gasteiger partial charge in [0.1, 0.15) is 5.82 Å². The molecule has 0 radical (unpaired) electrons. The molecule has 1 fully saturated rings. The van der Waals surface area contributed by atoms with E-state index in [-0.39, 0.29) is 11.4 Å². The van der Waals surface area contributed by atoms with Crippen LogP contribution in [0.5, 0.6) is 0 Å². The Kier molecular flexibility index (Phi) is 5.67. The minimum Gasteiger partial charge on any atom is -0.312 e. The number of hydrogen-bond donors (Lipinski definition) is 1. The summed E-state index contributed by atoms with van der Waals surface area (Å²) in [6.45, 7) is 7.48. The lowest BCUT2D eigenvalue weighted by molar-refractivity contribution is 0.284. The maximum atomic E-state index is 14.0.